The number of nitrogens with one attached hydrogen (secondary N) is 2. The van der Waals surface area contributed by atoms with Crippen molar-refractivity contribution in [2.45, 2.75) is 6.42 Å². The van der Waals surface area contributed by atoms with Gasteiger partial charge in [-0.25, -0.2) is 4.39 Å². The minimum atomic E-state index is -0.219. The van der Waals surface area contributed by atoms with Gasteiger partial charge in [0.15, 0.2) is 5.82 Å². The number of anilines is 3. The monoisotopic (exact) mass is 377 g/mol. The predicted octanol–water partition coefficient (Wildman–Crippen LogP) is 4.72. The van der Waals surface area contributed by atoms with E-state index in [1.165, 1.54) is 12.3 Å². The third-order valence-electron chi connectivity index (χ3n) is 3.39. The van der Waals surface area contributed by atoms with Gasteiger partial charge in [0.1, 0.15) is 5.82 Å². The van der Waals surface area contributed by atoms with Crippen molar-refractivity contribution >= 4 is 40.7 Å². The number of nitrogens with zero attached hydrogens (tertiary/aromatic N) is 3. The van der Waals surface area contributed by atoms with Gasteiger partial charge in [0.25, 0.3) is 0 Å². The van der Waals surface area contributed by atoms with E-state index in [2.05, 4.69) is 25.8 Å². The summed E-state index contributed by atoms with van der Waals surface area (Å²) >= 11 is 12.1. The highest BCUT2D eigenvalue weighted by molar-refractivity contribution is 6.35. The number of rotatable bonds is 6. The van der Waals surface area contributed by atoms with Gasteiger partial charge in [0, 0.05) is 11.6 Å². The lowest BCUT2D eigenvalue weighted by atomic mass is 10.1. The van der Waals surface area contributed by atoms with E-state index in [-0.39, 0.29) is 11.8 Å². The second-order valence-corrected chi connectivity index (χ2v) is 6.03. The Balaban J connectivity index is 1.63. The Labute approximate surface area is 154 Å². The number of aromatic nitrogens is 3. The molecule has 3 aromatic rings. The summed E-state index contributed by atoms with van der Waals surface area (Å²) in [6.45, 7) is 0.511. The van der Waals surface area contributed by atoms with Crippen LogP contribution in [0.3, 0.4) is 0 Å². The maximum atomic E-state index is 13.6. The Kier molecular flexibility index (Phi) is 5.63. The maximum absolute atomic E-state index is 13.6. The van der Waals surface area contributed by atoms with Gasteiger partial charge < -0.3 is 10.6 Å². The SMILES string of the molecule is Fc1ccccc1CCNc1cnnc(Nc2cc(Cl)ccc2Cl)n1. The van der Waals surface area contributed by atoms with Crippen molar-refractivity contribution in [3.8, 4) is 0 Å². The molecule has 0 aliphatic rings. The summed E-state index contributed by atoms with van der Waals surface area (Å²) in [5, 5.41) is 14.9. The minimum absolute atomic E-state index is 0.219. The molecule has 25 heavy (non-hydrogen) atoms. The molecule has 0 saturated heterocycles. The number of halogens is 3. The van der Waals surface area contributed by atoms with Gasteiger partial charge in [-0.1, -0.05) is 41.4 Å². The molecule has 0 saturated carbocycles. The third kappa shape index (κ3) is 4.78. The van der Waals surface area contributed by atoms with Crippen LogP contribution in [0.4, 0.5) is 21.8 Å². The minimum Gasteiger partial charge on any atom is -0.368 e. The molecule has 128 valence electrons. The first-order valence-electron chi connectivity index (χ1n) is 7.51. The molecule has 2 N–H and O–H groups in total. The van der Waals surface area contributed by atoms with Gasteiger partial charge in [-0.2, -0.15) is 10.1 Å². The molecular formula is C17H14Cl2FN5. The zero-order valence-corrected chi connectivity index (χ0v) is 14.5. The number of benzene rings is 2. The van der Waals surface area contributed by atoms with E-state index in [4.69, 9.17) is 23.2 Å². The molecular weight excluding hydrogens is 364 g/mol. The van der Waals surface area contributed by atoms with Gasteiger partial charge in [-0.3, -0.25) is 0 Å². The summed E-state index contributed by atoms with van der Waals surface area (Å²) in [6.07, 6.45) is 2.02. The van der Waals surface area contributed by atoms with Crippen LogP contribution in [0.15, 0.2) is 48.7 Å². The van der Waals surface area contributed by atoms with E-state index < -0.39 is 0 Å². The van der Waals surface area contributed by atoms with Gasteiger partial charge >= 0.3 is 0 Å². The van der Waals surface area contributed by atoms with Crippen LogP contribution in [0.5, 0.6) is 0 Å². The van der Waals surface area contributed by atoms with Gasteiger partial charge in [0.2, 0.25) is 5.95 Å². The lowest BCUT2D eigenvalue weighted by molar-refractivity contribution is 0.610. The lowest BCUT2D eigenvalue weighted by Crippen LogP contribution is -2.09. The van der Waals surface area contributed by atoms with Crippen LogP contribution in [0.2, 0.25) is 10.0 Å². The first kappa shape index (κ1) is 17.4. The highest BCUT2D eigenvalue weighted by Gasteiger charge is 2.06. The van der Waals surface area contributed by atoms with E-state index in [1.54, 1.807) is 36.4 Å². The summed E-state index contributed by atoms with van der Waals surface area (Å²) in [5.41, 5.74) is 1.22. The van der Waals surface area contributed by atoms with Crippen LogP contribution in [-0.2, 0) is 6.42 Å². The summed E-state index contributed by atoms with van der Waals surface area (Å²) in [4.78, 5) is 4.30. The Morgan fingerprint density at radius 3 is 2.76 bits per heavy atom. The van der Waals surface area contributed by atoms with E-state index in [0.29, 0.717) is 40.1 Å². The third-order valence-corrected chi connectivity index (χ3v) is 3.96. The molecule has 0 radical (unpaired) electrons. The molecule has 1 heterocycles. The Morgan fingerprint density at radius 2 is 1.92 bits per heavy atom. The summed E-state index contributed by atoms with van der Waals surface area (Å²) in [6, 6.07) is 11.7. The van der Waals surface area contributed by atoms with Crippen LogP contribution in [0.25, 0.3) is 0 Å². The first-order chi connectivity index (χ1) is 12.1. The van der Waals surface area contributed by atoms with Crippen molar-refractivity contribution < 1.29 is 4.39 Å². The van der Waals surface area contributed by atoms with Crippen LogP contribution in [0.1, 0.15) is 5.56 Å². The van der Waals surface area contributed by atoms with E-state index in [9.17, 15) is 4.39 Å². The quantitative estimate of drug-likeness (QED) is 0.650. The number of hydrogen-bond acceptors (Lipinski definition) is 5. The standard InChI is InChI=1S/C17H14Cl2FN5/c18-12-5-6-13(19)15(9-12)23-17-24-16(10-22-25-17)21-8-7-11-3-1-2-4-14(11)20/h1-6,9-10H,7-8H2,(H2,21,23,24,25). The predicted molar refractivity (Wildman–Crippen MR) is 98.2 cm³/mol. The van der Waals surface area contributed by atoms with Gasteiger partial charge in [-0.15, -0.1) is 5.10 Å². The Morgan fingerprint density at radius 1 is 1.08 bits per heavy atom. The molecule has 0 amide bonds. The fourth-order valence-corrected chi connectivity index (χ4v) is 2.52. The fraction of sp³-hybridized carbons (Fsp3) is 0.118. The van der Waals surface area contributed by atoms with Crippen LogP contribution >= 0.6 is 23.2 Å². The van der Waals surface area contributed by atoms with Crippen molar-refractivity contribution in [1.29, 1.82) is 0 Å². The molecule has 0 aliphatic heterocycles. The average Bonchev–Trinajstić information content (AvgIpc) is 2.60. The van der Waals surface area contributed by atoms with Crippen LogP contribution in [-0.4, -0.2) is 21.7 Å². The smallest absolute Gasteiger partial charge is 0.249 e. The number of hydrogen-bond donors (Lipinski definition) is 2. The molecule has 0 unspecified atom stereocenters. The molecule has 0 fully saturated rings. The fourth-order valence-electron chi connectivity index (χ4n) is 2.18. The molecule has 8 heteroatoms. The zero-order valence-electron chi connectivity index (χ0n) is 13.0. The molecule has 3 rings (SSSR count). The highest BCUT2D eigenvalue weighted by atomic mass is 35.5. The van der Waals surface area contributed by atoms with Gasteiger partial charge in [0.05, 0.1) is 16.9 Å². The molecule has 5 nitrogen and oxygen atoms in total. The lowest BCUT2D eigenvalue weighted by Gasteiger charge is -2.09. The second-order valence-electron chi connectivity index (χ2n) is 5.18. The second kappa shape index (κ2) is 8.09. The van der Waals surface area contributed by atoms with Crippen molar-refractivity contribution in [2.24, 2.45) is 0 Å². The molecule has 0 atom stereocenters. The molecule has 0 spiro atoms. The van der Waals surface area contributed by atoms with Crippen molar-refractivity contribution in [3.63, 3.8) is 0 Å². The topological polar surface area (TPSA) is 62.7 Å². The molecule has 0 bridgehead atoms. The van der Waals surface area contributed by atoms with E-state index in [1.807, 2.05) is 0 Å². The van der Waals surface area contributed by atoms with E-state index in [0.717, 1.165) is 0 Å². The summed E-state index contributed by atoms with van der Waals surface area (Å²) in [7, 11) is 0. The maximum Gasteiger partial charge on any atom is 0.249 e. The normalized spacial score (nSPS) is 10.5. The van der Waals surface area contributed by atoms with Crippen LogP contribution in [0, 0.1) is 5.82 Å². The van der Waals surface area contributed by atoms with Crippen LogP contribution < -0.4 is 10.6 Å². The Bertz CT molecular complexity index is 875. The zero-order chi connectivity index (χ0) is 17.6. The summed E-state index contributed by atoms with van der Waals surface area (Å²) < 4.78 is 13.6. The van der Waals surface area contributed by atoms with Crippen molar-refractivity contribution in [2.75, 3.05) is 17.2 Å². The summed E-state index contributed by atoms with van der Waals surface area (Å²) in [5.74, 6) is 0.579. The average molecular weight is 378 g/mol. The molecule has 2 aromatic carbocycles. The molecule has 0 aliphatic carbocycles. The van der Waals surface area contributed by atoms with E-state index >= 15 is 0 Å². The largest absolute Gasteiger partial charge is 0.368 e. The van der Waals surface area contributed by atoms with Crippen molar-refractivity contribution in [1.82, 2.24) is 15.2 Å². The van der Waals surface area contributed by atoms with Crippen molar-refractivity contribution in [3.05, 3.63) is 70.1 Å². The van der Waals surface area contributed by atoms with Gasteiger partial charge in [-0.05, 0) is 36.2 Å². The highest BCUT2D eigenvalue weighted by Crippen LogP contribution is 2.27. The molecule has 1 aromatic heterocycles. The first-order valence-corrected chi connectivity index (χ1v) is 8.26. The Hall–Kier alpha value is -2.44.